The summed E-state index contributed by atoms with van der Waals surface area (Å²) >= 11 is 1.81. The van der Waals surface area contributed by atoms with E-state index in [1.807, 2.05) is 12.1 Å². The number of fused-ring (bicyclic) bond motifs is 1. The van der Waals surface area contributed by atoms with Crippen LogP contribution in [0.25, 0.3) is 10.6 Å². The van der Waals surface area contributed by atoms with Crippen molar-refractivity contribution in [3.05, 3.63) is 34.8 Å². The number of hydrogen-bond acceptors (Lipinski definition) is 3. The summed E-state index contributed by atoms with van der Waals surface area (Å²) in [7, 11) is 0. The Bertz CT molecular complexity index is 644. The van der Waals surface area contributed by atoms with Gasteiger partial charge >= 0.3 is 0 Å². The smallest absolute Gasteiger partial charge is 0.124 e. The van der Waals surface area contributed by atoms with Gasteiger partial charge in [-0.25, -0.2) is 4.98 Å². The molecule has 1 atom stereocenters. The molecule has 0 amide bonds. The Kier molecular flexibility index (Phi) is 3.78. The van der Waals surface area contributed by atoms with Gasteiger partial charge in [-0.2, -0.15) is 0 Å². The van der Waals surface area contributed by atoms with Crippen LogP contribution in [-0.2, 0) is 12.8 Å². The normalized spacial score (nSPS) is 18.5. The number of nitrogens with zero attached hydrogens (tertiary/aromatic N) is 1. The monoisotopic (exact) mass is 301 g/mol. The number of rotatable bonds is 3. The van der Waals surface area contributed by atoms with E-state index in [1.54, 1.807) is 23.5 Å². The maximum atomic E-state index is 9.63. The maximum Gasteiger partial charge on any atom is 0.124 e. The third-order valence-corrected chi connectivity index (χ3v) is 6.22. The van der Waals surface area contributed by atoms with Crippen molar-refractivity contribution < 1.29 is 5.11 Å². The zero-order valence-corrected chi connectivity index (χ0v) is 13.8. The van der Waals surface area contributed by atoms with Crippen LogP contribution in [0.3, 0.4) is 0 Å². The van der Waals surface area contributed by atoms with E-state index in [2.05, 4.69) is 20.8 Å². The lowest BCUT2D eigenvalue weighted by atomic mass is 9.70. The van der Waals surface area contributed by atoms with Crippen molar-refractivity contribution in [2.75, 3.05) is 0 Å². The molecule has 0 spiro atoms. The molecule has 2 aromatic rings. The van der Waals surface area contributed by atoms with Crippen LogP contribution < -0.4 is 0 Å². The van der Waals surface area contributed by atoms with Gasteiger partial charge in [-0.3, -0.25) is 0 Å². The largest absolute Gasteiger partial charge is 0.508 e. The summed E-state index contributed by atoms with van der Waals surface area (Å²) in [6, 6.07) is 7.42. The van der Waals surface area contributed by atoms with Crippen LogP contribution in [0.5, 0.6) is 5.75 Å². The second-order valence-corrected chi connectivity index (χ2v) is 7.80. The molecule has 1 unspecified atom stereocenters. The number of aromatic hydroxyl groups is 1. The Labute approximate surface area is 130 Å². The Morgan fingerprint density at radius 1 is 1.38 bits per heavy atom. The minimum Gasteiger partial charge on any atom is -0.508 e. The van der Waals surface area contributed by atoms with Crippen LogP contribution in [0.1, 0.15) is 44.2 Å². The highest BCUT2D eigenvalue weighted by atomic mass is 32.1. The van der Waals surface area contributed by atoms with Crippen LogP contribution in [0, 0.1) is 11.3 Å². The van der Waals surface area contributed by atoms with Gasteiger partial charge in [0.15, 0.2) is 0 Å². The first-order chi connectivity index (χ1) is 9.99. The molecule has 2 nitrogen and oxygen atoms in total. The van der Waals surface area contributed by atoms with Crippen molar-refractivity contribution in [1.82, 2.24) is 4.98 Å². The average Bonchev–Trinajstić information content (AvgIpc) is 2.90. The molecule has 112 valence electrons. The van der Waals surface area contributed by atoms with Gasteiger partial charge in [0.05, 0.1) is 5.69 Å². The lowest BCUT2D eigenvalue weighted by Crippen LogP contribution is -2.28. The van der Waals surface area contributed by atoms with Crippen LogP contribution in [0.15, 0.2) is 24.3 Å². The van der Waals surface area contributed by atoms with Crippen molar-refractivity contribution in [3.63, 3.8) is 0 Å². The number of phenolic OH excluding ortho intramolecular Hbond substituents is 1. The first-order valence-corrected chi connectivity index (χ1v) is 8.59. The molecule has 1 aromatic carbocycles. The molecule has 3 rings (SSSR count). The van der Waals surface area contributed by atoms with Crippen molar-refractivity contribution in [2.24, 2.45) is 11.3 Å². The minimum absolute atomic E-state index is 0.311. The van der Waals surface area contributed by atoms with Crippen LogP contribution >= 0.6 is 11.3 Å². The molecule has 1 N–H and O–H groups in total. The van der Waals surface area contributed by atoms with Gasteiger partial charge in [0.25, 0.3) is 0 Å². The number of hydrogen-bond donors (Lipinski definition) is 1. The predicted molar refractivity (Wildman–Crippen MR) is 88.8 cm³/mol. The summed E-state index contributed by atoms with van der Waals surface area (Å²) in [5.74, 6) is 1.07. The van der Waals surface area contributed by atoms with Gasteiger partial charge in [0.2, 0.25) is 0 Å². The van der Waals surface area contributed by atoms with Crippen LogP contribution in [0.2, 0.25) is 0 Å². The second kappa shape index (κ2) is 5.45. The van der Waals surface area contributed by atoms with E-state index in [4.69, 9.17) is 4.98 Å². The fourth-order valence-corrected chi connectivity index (χ4v) is 4.28. The quantitative estimate of drug-likeness (QED) is 0.860. The molecule has 1 aliphatic carbocycles. The van der Waals surface area contributed by atoms with Gasteiger partial charge < -0.3 is 5.11 Å². The number of aromatic nitrogens is 1. The highest BCUT2D eigenvalue weighted by Crippen LogP contribution is 2.42. The van der Waals surface area contributed by atoms with E-state index in [0.29, 0.717) is 11.2 Å². The fourth-order valence-electron chi connectivity index (χ4n) is 3.09. The standard InChI is InChI=1S/C18H23NOS/c1-4-18(2,3)13-8-9-15-16(11-13)21-17(19-15)12-6-5-7-14(20)10-12/h5-7,10,13,20H,4,8-9,11H2,1-3H3. The van der Waals surface area contributed by atoms with Gasteiger partial charge in [0.1, 0.15) is 10.8 Å². The van der Waals surface area contributed by atoms with Crippen molar-refractivity contribution in [1.29, 1.82) is 0 Å². The van der Waals surface area contributed by atoms with Crippen molar-refractivity contribution >= 4 is 11.3 Å². The second-order valence-electron chi connectivity index (χ2n) is 6.72. The molecule has 1 aliphatic rings. The van der Waals surface area contributed by atoms with Crippen LogP contribution in [0.4, 0.5) is 0 Å². The summed E-state index contributed by atoms with van der Waals surface area (Å²) in [5.41, 5.74) is 2.72. The van der Waals surface area contributed by atoms with Gasteiger partial charge in [0, 0.05) is 10.4 Å². The number of benzene rings is 1. The Balaban J connectivity index is 1.88. The van der Waals surface area contributed by atoms with Gasteiger partial charge in [-0.05, 0) is 42.7 Å². The molecular weight excluding hydrogens is 278 g/mol. The van der Waals surface area contributed by atoms with Crippen LogP contribution in [-0.4, -0.2) is 10.1 Å². The average molecular weight is 301 g/mol. The minimum atomic E-state index is 0.311. The maximum absolute atomic E-state index is 9.63. The van der Waals surface area contributed by atoms with Crippen molar-refractivity contribution in [3.8, 4) is 16.3 Å². The van der Waals surface area contributed by atoms with Gasteiger partial charge in [-0.1, -0.05) is 39.3 Å². The highest BCUT2D eigenvalue weighted by molar-refractivity contribution is 7.15. The summed E-state index contributed by atoms with van der Waals surface area (Å²) in [6.45, 7) is 7.07. The molecule has 1 heterocycles. The molecule has 0 aliphatic heterocycles. The predicted octanol–water partition coefficient (Wildman–Crippen LogP) is 5.06. The molecule has 21 heavy (non-hydrogen) atoms. The number of phenols is 1. The molecule has 1 aromatic heterocycles. The highest BCUT2D eigenvalue weighted by Gasteiger charge is 2.32. The van der Waals surface area contributed by atoms with Gasteiger partial charge in [-0.15, -0.1) is 11.3 Å². The van der Waals surface area contributed by atoms with E-state index in [9.17, 15) is 5.11 Å². The number of thiazole rings is 1. The zero-order chi connectivity index (χ0) is 15.0. The van der Waals surface area contributed by atoms with E-state index in [1.165, 1.54) is 23.4 Å². The molecule has 3 heteroatoms. The third-order valence-electron chi connectivity index (χ3n) is 5.05. The Morgan fingerprint density at radius 3 is 2.90 bits per heavy atom. The first kappa shape index (κ1) is 14.6. The van der Waals surface area contributed by atoms with E-state index < -0.39 is 0 Å². The number of aryl methyl sites for hydroxylation is 1. The lowest BCUT2D eigenvalue weighted by molar-refractivity contribution is 0.183. The summed E-state index contributed by atoms with van der Waals surface area (Å²) < 4.78 is 0. The molecule has 0 saturated heterocycles. The Morgan fingerprint density at radius 2 is 2.19 bits per heavy atom. The molecule has 0 fully saturated rings. The summed E-state index contributed by atoms with van der Waals surface area (Å²) in [4.78, 5) is 6.26. The molecule has 0 radical (unpaired) electrons. The summed E-state index contributed by atoms with van der Waals surface area (Å²) in [5, 5.41) is 10.7. The van der Waals surface area contributed by atoms with Crippen molar-refractivity contribution in [2.45, 2.75) is 46.5 Å². The molecule has 0 bridgehead atoms. The topological polar surface area (TPSA) is 33.1 Å². The molecular formula is C18H23NOS. The van der Waals surface area contributed by atoms with E-state index in [-0.39, 0.29) is 0 Å². The van der Waals surface area contributed by atoms with E-state index in [0.717, 1.165) is 29.3 Å². The Hall–Kier alpha value is -1.35. The SMILES string of the molecule is CCC(C)(C)C1CCc2nc(-c3cccc(O)c3)sc2C1. The third kappa shape index (κ3) is 2.84. The lowest BCUT2D eigenvalue weighted by Gasteiger charge is -2.35. The summed E-state index contributed by atoms with van der Waals surface area (Å²) in [6.07, 6.45) is 4.73. The first-order valence-electron chi connectivity index (χ1n) is 7.77. The fraction of sp³-hybridized carbons (Fsp3) is 0.500. The zero-order valence-electron chi connectivity index (χ0n) is 13.0. The molecule has 0 saturated carbocycles. The van der Waals surface area contributed by atoms with E-state index >= 15 is 0 Å².